The molecule has 0 radical (unpaired) electrons. The normalized spacial score (nSPS) is 13.0. The summed E-state index contributed by atoms with van der Waals surface area (Å²) in [5.41, 5.74) is 1.00. The van der Waals surface area contributed by atoms with Crippen molar-refractivity contribution in [1.29, 1.82) is 0 Å². The van der Waals surface area contributed by atoms with Crippen molar-refractivity contribution in [3.8, 4) is 11.8 Å². The lowest BCUT2D eigenvalue weighted by molar-refractivity contribution is -0.193. The second-order valence-corrected chi connectivity index (χ2v) is 8.27. The first-order chi connectivity index (χ1) is 20.1. The van der Waals surface area contributed by atoms with Crippen LogP contribution in [-0.4, -0.2) is 90.8 Å². The molecular weight excluding hydrogens is 596 g/mol. The number of nitrogens with zero attached hydrogens (tertiary/aromatic N) is 6. The van der Waals surface area contributed by atoms with Gasteiger partial charge in [0.2, 0.25) is 5.95 Å². The van der Waals surface area contributed by atoms with Crippen LogP contribution in [-0.2, 0) is 22.7 Å². The summed E-state index contributed by atoms with van der Waals surface area (Å²) in [7, 11) is 0. The van der Waals surface area contributed by atoms with Gasteiger partial charge < -0.3 is 20.4 Å². The van der Waals surface area contributed by atoms with E-state index in [1.165, 1.54) is 17.1 Å². The van der Waals surface area contributed by atoms with Crippen LogP contribution in [0.4, 0.5) is 32.3 Å². The lowest BCUT2D eigenvalue weighted by Crippen LogP contribution is -2.44. The van der Waals surface area contributed by atoms with E-state index in [-0.39, 0.29) is 17.9 Å². The zero-order valence-corrected chi connectivity index (χ0v) is 22.1. The van der Waals surface area contributed by atoms with Crippen molar-refractivity contribution in [2.75, 3.05) is 31.1 Å². The third-order valence-corrected chi connectivity index (χ3v) is 5.31. The van der Waals surface area contributed by atoms with E-state index in [2.05, 4.69) is 37.1 Å². The molecular formula is C24H23F6N7O6. The number of aliphatic carboxylic acids is 2. The Morgan fingerprint density at radius 2 is 1.60 bits per heavy atom. The number of carboxylic acid groups (broad SMARTS) is 2. The minimum atomic E-state index is -5.08. The number of nitrogens with one attached hydrogen (secondary N) is 1. The maximum atomic E-state index is 13.2. The van der Waals surface area contributed by atoms with Crippen molar-refractivity contribution < 1.29 is 50.9 Å². The summed E-state index contributed by atoms with van der Waals surface area (Å²) in [6, 6.07) is 3.35. The fraction of sp³-hybridized carbons (Fsp3) is 0.375. The van der Waals surface area contributed by atoms with Gasteiger partial charge in [-0.2, -0.15) is 31.4 Å². The molecule has 19 heteroatoms. The summed E-state index contributed by atoms with van der Waals surface area (Å²) in [6.45, 7) is 5.25. The molecule has 1 aliphatic heterocycles. The van der Waals surface area contributed by atoms with Gasteiger partial charge in [-0.1, -0.05) is 5.92 Å². The third kappa shape index (κ3) is 9.81. The van der Waals surface area contributed by atoms with Gasteiger partial charge in [0, 0.05) is 44.1 Å². The topological polar surface area (TPSA) is 173 Å². The molecule has 3 N–H and O–H groups in total. The van der Waals surface area contributed by atoms with E-state index < -0.39 is 24.3 Å². The zero-order valence-electron chi connectivity index (χ0n) is 22.1. The number of rotatable bonds is 5. The van der Waals surface area contributed by atoms with Gasteiger partial charge in [-0.25, -0.2) is 19.3 Å². The molecule has 1 aliphatic rings. The van der Waals surface area contributed by atoms with Crippen LogP contribution in [0, 0.1) is 11.8 Å². The molecule has 4 rings (SSSR count). The first kappa shape index (κ1) is 34.2. The van der Waals surface area contributed by atoms with Gasteiger partial charge >= 0.3 is 24.3 Å². The molecule has 0 saturated carbocycles. The largest absolute Gasteiger partial charge is 0.490 e. The maximum Gasteiger partial charge on any atom is 0.490 e. The van der Waals surface area contributed by atoms with Crippen molar-refractivity contribution in [1.82, 2.24) is 29.6 Å². The Bertz CT molecular complexity index is 1530. The maximum absolute atomic E-state index is 13.2. The number of carboxylic acids is 2. The molecule has 13 nitrogen and oxygen atoms in total. The van der Waals surface area contributed by atoms with Crippen molar-refractivity contribution >= 4 is 34.7 Å². The molecule has 1 saturated heterocycles. The van der Waals surface area contributed by atoms with Crippen molar-refractivity contribution in [3.05, 3.63) is 46.6 Å². The molecule has 1 fully saturated rings. The third-order valence-electron chi connectivity index (χ3n) is 5.31. The number of carbonyl (C=O) groups is 3. The van der Waals surface area contributed by atoms with Crippen LogP contribution in [0.3, 0.4) is 0 Å². The fourth-order valence-corrected chi connectivity index (χ4v) is 3.36. The highest BCUT2D eigenvalue weighted by Crippen LogP contribution is 2.20. The summed E-state index contributed by atoms with van der Waals surface area (Å²) >= 11 is 0. The minimum absolute atomic E-state index is 0.159. The van der Waals surface area contributed by atoms with E-state index in [1.54, 1.807) is 25.3 Å². The summed E-state index contributed by atoms with van der Waals surface area (Å²) in [6.07, 6.45) is -5.55. The van der Waals surface area contributed by atoms with Gasteiger partial charge in [-0.3, -0.25) is 19.1 Å². The minimum Gasteiger partial charge on any atom is -0.475 e. The summed E-state index contributed by atoms with van der Waals surface area (Å²) in [5, 5.41) is 21.7. The molecule has 0 spiro atoms. The summed E-state index contributed by atoms with van der Waals surface area (Å²) in [4.78, 5) is 54.2. The van der Waals surface area contributed by atoms with Gasteiger partial charge in [0.25, 0.3) is 5.56 Å². The number of hydrogen-bond acceptors (Lipinski definition) is 9. The molecule has 232 valence electrons. The van der Waals surface area contributed by atoms with Gasteiger partial charge in [-0.15, -0.1) is 5.92 Å². The molecule has 0 bridgehead atoms. The van der Waals surface area contributed by atoms with Gasteiger partial charge in [0.05, 0.1) is 12.7 Å². The Hall–Kier alpha value is -4.99. The highest BCUT2D eigenvalue weighted by Gasteiger charge is 2.38. The number of imidazole rings is 1. The highest BCUT2D eigenvalue weighted by molar-refractivity contribution is 5.95. The zero-order chi connectivity index (χ0) is 32.4. The van der Waals surface area contributed by atoms with Gasteiger partial charge in [0.1, 0.15) is 17.6 Å². The van der Waals surface area contributed by atoms with Crippen LogP contribution in [0.25, 0.3) is 11.0 Å². The molecule has 0 aliphatic carbocycles. The molecule has 3 aromatic rings. The van der Waals surface area contributed by atoms with E-state index in [9.17, 15) is 35.9 Å². The number of anilines is 1. The van der Waals surface area contributed by atoms with Gasteiger partial charge in [-0.05, 0) is 19.1 Å². The number of piperazine rings is 1. The fourth-order valence-electron chi connectivity index (χ4n) is 3.36. The lowest BCUT2D eigenvalue weighted by atomic mass is 10.2. The number of carbonyl (C=O) groups excluding carboxylic acids is 1. The van der Waals surface area contributed by atoms with Crippen LogP contribution in [0.15, 0.2) is 35.5 Å². The molecule has 4 heterocycles. The molecule has 0 unspecified atom stereocenters. The first-order valence-corrected chi connectivity index (χ1v) is 11.9. The lowest BCUT2D eigenvalue weighted by Gasteiger charge is -2.28. The average molecular weight is 619 g/mol. The van der Waals surface area contributed by atoms with E-state index in [1.807, 2.05) is 4.57 Å². The predicted octanol–water partition coefficient (Wildman–Crippen LogP) is 1.57. The highest BCUT2D eigenvalue weighted by atomic mass is 19.4. The Balaban J connectivity index is 0.000000384. The van der Waals surface area contributed by atoms with Crippen molar-refractivity contribution in [2.45, 2.75) is 32.4 Å². The van der Waals surface area contributed by atoms with E-state index in [4.69, 9.17) is 19.8 Å². The standard InChI is InChI=1S/C20H21N7O2.2C2HF3O2/c1-2-3-9-26-18-16(24-20(26)25-10-7-21-8-11-25)13-23-27(19(18)29)14-17(28)15-5-4-6-22-12-15;2*3-2(4,5)1(6)7/h4-6,12-13,21H,7-11,14H2,1H3;2*(H,6,7). The SMILES string of the molecule is CC#CCn1c(N2CCNCC2)nc2cnn(CC(=O)c3cccnc3)c(=O)c21.O=C(O)C(F)(F)F.O=C(O)C(F)(F)F. The number of fused-ring (bicyclic) bond motifs is 1. The number of pyridine rings is 1. The number of Topliss-reactive ketones (excluding diaryl/α,β-unsaturated/α-hetero) is 1. The summed E-state index contributed by atoms with van der Waals surface area (Å²) < 4.78 is 66.5. The van der Waals surface area contributed by atoms with E-state index in [0.717, 1.165) is 26.2 Å². The Kier molecular flexibility index (Phi) is 11.7. The van der Waals surface area contributed by atoms with Crippen LogP contribution in [0.2, 0.25) is 0 Å². The molecule has 43 heavy (non-hydrogen) atoms. The molecule has 0 atom stereocenters. The van der Waals surface area contributed by atoms with Crippen LogP contribution < -0.4 is 15.8 Å². The van der Waals surface area contributed by atoms with E-state index >= 15 is 0 Å². The molecule has 0 aromatic carbocycles. The second kappa shape index (κ2) is 14.8. The Morgan fingerprint density at radius 1 is 1.02 bits per heavy atom. The van der Waals surface area contributed by atoms with Crippen LogP contribution >= 0.6 is 0 Å². The average Bonchev–Trinajstić information content (AvgIpc) is 3.33. The van der Waals surface area contributed by atoms with E-state index in [0.29, 0.717) is 29.1 Å². The first-order valence-electron chi connectivity index (χ1n) is 11.9. The molecule has 3 aromatic heterocycles. The van der Waals surface area contributed by atoms with Crippen LogP contribution in [0.1, 0.15) is 17.3 Å². The quantitative estimate of drug-likeness (QED) is 0.215. The molecule has 0 amide bonds. The number of ketones is 1. The number of halogens is 6. The number of aromatic nitrogens is 5. The Labute approximate surface area is 237 Å². The van der Waals surface area contributed by atoms with Crippen molar-refractivity contribution in [3.63, 3.8) is 0 Å². The number of hydrogen-bond donors (Lipinski definition) is 3. The van der Waals surface area contributed by atoms with Crippen molar-refractivity contribution in [2.24, 2.45) is 0 Å². The smallest absolute Gasteiger partial charge is 0.475 e. The second-order valence-electron chi connectivity index (χ2n) is 8.27. The summed E-state index contributed by atoms with van der Waals surface area (Å²) in [5.74, 6) is 0.862. The number of alkyl halides is 6. The van der Waals surface area contributed by atoms with Crippen LogP contribution in [0.5, 0.6) is 0 Å². The van der Waals surface area contributed by atoms with Gasteiger partial charge in [0.15, 0.2) is 5.78 Å². The Morgan fingerprint density at radius 3 is 2.09 bits per heavy atom. The monoisotopic (exact) mass is 619 g/mol. The predicted molar refractivity (Wildman–Crippen MR) is 136 cm³/mol.